The van der Waals surface area contributed by atoms with Gasteiger partial charge in [0.25, 0.3) is 0 Å². The molecule has 2 unspecified atom stereocenters. The fourth-order valence-corrected chi connectivity index (χ4v) is 6.35. The van der Waals surface area contributed by atoms with Crippen LogP contribution in [0.25, 0.3) is 0 Å². The van der Waals surface area contributed by atoms with Gasteiger partial charge in [0.2, 0.25) is 0 Å². The highest BCUT2D eigenvalue weighted by atomic mass is 15.1. The van der Waals surface area contributed by atoms with E-state index in [1.165, 1.54) is 27.8 Å². The summed E-state index contributed by atoms with van der Waals surface area (Å²) < 4.78 is 0. The van der Waals surface area contributed by atoms with Crippen molar-refractivity contribution in [2.75, 3.05) is 0 Å². The Labute approximate surface area is 177 Å². The summed E-state index contributed by atoms with van der Waals surface area (Å²) in [4.78, 5) is 5.40. The zero-order chi connectivity index (χ0) is 20.2. The second-order valence-corrected chi connectivity index (χ2v) is 8.53. The van der Waals surface area contributed by atoms with Crippen LogP contribution < -0.4 is 0 Å². The van der Waals surface area contributed by atoms with Gasteiger partial charge in [-0.15, -0.1) is 0 Å². The molecule has 1 aliphatic heterocycles. The van der Waals surface area contributed by atoms with E-state index >= 15 is 0 Å². The first kappa shape index (κ1) is 17.4. The van der Waals surface area contributed by atoms with Gasteiger partial charge in [0.05, 0.1) is 5.41 Å². The monoisotopic (exact) mass is 385 g/mol. The molecule has 144 valence electrons. The first-order valence-corrected chi connectivity index (χ1v) is 10.6. The predicted molar refractivity (Wildman–Crippen MR) is 123 cm³/mol. The van der Waals surface area contributed by atoms with Crippen molar-refractivity contribution in [1.82, 2.24) is 0 Å². The van der Waals surface area contributed by atoms with Crippen molar-refractivity contribution >= 4 is 6.21 Å². The van der Waals surface area contributed by atoms with Crippen molar-refractivity contribution < 1.29 is 0 Å². The van der Waals surface area contributed by atoms with E-state index in [9.17, 15) is 0 Å². The van der Waals surface area contributed by atoms with Gasteiger partial charge in [-0.25, -0.2) is 0 Å². The van der Waals surface area contributed by atoms with Crippen LogP contribution in [0.1, 0.15) is 34.7 Å². The second-order valence-electron chi connectivity index (χ2n) is 8.53. The maximum Gasteiger partial charge on any atom is 0.111 e. The normalized spacial score (nSPS) is 25.2. The standard InChI is InChI=1S/C29H23N/c1-27-26-20-12-11-13-22(26)21-30-29(27,25-18-9-4-10-19-25)28(27,23-14-5-2-6-15-23)24-16-7-3-8-17-24/h2-21H,1H3. The second kappa shape index (κ2) is 6.03. The Morgan fingerprint density at radius 1 is 0.533 bits per heavy atom. The van der Waals surface area contributed by atoms with E-state index in [1.54, 1.807) is 0 Å². The van der Waals surface area contributed by atoms with Gasteiger partial charge in [-0.05, 0) is 27.8 Å². The minimum atomic E-state index is -0.391. The molecule has 4 aromatic carbocycles. The number of hydrogen-bond acceptors (Lipinski definition) is 1. The Balaban J connectivity index is 1.78. The summed E-state index contributed by atoms with van der Waals surface area (Å²) in [6, 6.07) is 41.6. The van der Waals surface area contributed by atoms with Crippen molar-refractivity contribution in [2.45, 2.75) is 23.3 Å². The highest BCUT2D eigenvalue weighted by Gasteiger charge is 2.88. The van der Waals surface area contributed by atoms with E-state index in [1.807, 2.05) is 0 Å². The number of nitrogens with zero attached hydrogens (tertiary/aromatic N) is 1. The summed E-state index contributed by atoms with van der Waals surface area (Å²) in [6.07, 6.45) is 2.09. The zero-order valence-corrected chi connectivity index (χ0v) is 17.0. The molecule has 0 N–H and O–H groups in total. The van der Waals surface area contributed by atoms with Gasteiger partial charge < -0.3 is 0 Å². The van der Waals surface area contributed by atoms with E-state index < -0.39 is 5.54 Å². The lowest BCUT2D eigenvalue weighted by Crippen LogP contribution is -2.23. The molecule has 0 saturated heterocycles. The van der Waals surface area contributed by atoms with Gasteiger partial charge in [-0.3, -0.25) is 4.99 Å². The molecule has 4 aromatic rings. The van der Waals surface area contributed by atoms with Crippen LogP contribution in [0.3, 0.4) is 0 Å². The van der Waals surface area contributed by atoms with Gasteiger partial charge in [-0.2, -0.15) is 0 Å². The molecule has 0 radical (unpaired) electrons. The van der Waals surface area contributed by atoms with Crippen LogP contribution in [-0.2, 0) is 16.4 Å². The van der Waals surface area contributed by atoms with Crippen LogP contribution in [0.5, 0.6) is 0 Å². The number of benzene rings is 4. The SMILES string of the molecule is CC12c3ccccc3C=NC1(c1ccccc1)C2(c1ccccc1)c1ccccc1. The maximum absolute atomic E-state index is 5.40. The minimum Gasteiger partial charge on any atom is -0.279 e. The average Bonchev–Trinajstić information content (AvgIpc) is 3.37. The summed E-state index contributed by atoms with van der Waals surface area (Å²) in [6.45, 7) is 2.41. The van der Waals surface area contributed by atoms with Crippen molar-refractivity contribution in [2.24, 2.45) is 4.99 Å². The fraction of sp³-hybridized carbons (Fsp3) is 0.138. The van der Waals surface area contributed by atoms with Gasteiger partial charge in [0.1, 0.15) is 5.54 Å². The van der Waals surface area contributed by atoms with Crippen LogP contribution in [0.15, 0.2) is 120 Å². The summed E-state index contributed by atoms with van der Waals surface area (Å²) >= 11 is 0. The molecule has 2 atom stereocenters. The van der Waals surface area contributed by atoms with Crippen molar-refractivity contribution in [3.63, 3.8) is 0 Å². The molecule has 6 rings (SSSR count). The lowest BCUT2D eigenvalue weighted by molar-refractivity contribution is 0.588. The number of rotatable bonds is 3. The van der Waals surface area contributed by atoms with E-state index in [0.29, 0.717) is 0 Å². The van der Waals surface area contributed by atoms with Gasteiger partial charge in [-0.1, -0.05) is 122 Å². The van der Waals surface area contributed by atoms with Crippen molar-refractivity contribution in [3.05, 3.63) is 143 Å². The van der Waals surface area contributed by atoms with Gasteiger partial charge in [0, 0.05) is 11.6 Å². The molecule has 2 aliphatic rings. The Bertz CT molecular complexity index is 1200. The van der Waals surface area contributed by atoms with Crippen LogP contribution in [0, 0.1) is 0 Å². The number of aliphatic imine (C=N–C) groups is 1. The molecule has 1 fully saturated rings. The van der Waals surface area contributed by atoms with E-state index in [0.717, 1.165) is 0 Å². The molecule has 0 amide bonds. The van der Waals surface area contributed by atoms with Crippen molar-refractivity contribution in [1.29, 1.82) is 0 Å². The molecular formula is C29H23N. The summed E-state index contributed by atoms with van der Waals surface area (Å²) in [7, 11) is 0. The maximum atomic E-state index is 5.40. The fourth-order valence-electron chi connectivity index (χ4n) is 6.35. The van der Waals surface area contributed by atoms with Crippen LogP contribution >= 0.6 is 0 Å². The van der Waals surface area contributed by atoms with E-state index in [2.05, 4.69) is 128 Å². The summed E-state index contributed by atoms with van der Waals surface area (Å²) in [5.41, 5.74) is 5.62. The minimum absolute atomic E-state index is 0.199. The molecule has 1 heteroatoms. The Morgan fingerprint density at radius 3 is 1.57 bits per heavy atom. The van der Waals surface area contributed by atoms with E-state index in [4.69, 9.17) is 4.99 Å². The van der Waals surface area contributed by atoms with Crippen LogP contribution in [-0.4, -0.2) is 6.21 Å². The molecule has 30 heavy (non-hydrogen) atoms. The zero-order valence-electron chi connectivity index (χ0n) is 17.0. The third kappa shape index (κ3) is 1.82. The summed E-state index contributed by atoms with van der Waals surface area (Å²) in [5.74, 6) is 0. The Morgan fingerprint density at radius 2 is 1.00 bits per heavy atom. The third-order valence-electron chi connectivity index (χ3n) is 7.46. The number of fused-ring (bicyclic) bond motifs is 3. The largest absolute Gasteiger partial charge is 0.279 e. The Hall–Kier alpha value is -3.45. The lowest BCUT2D eigenvalue weighted by Gasteiger charge is -2.25. The molecule has 0 bridgehead atoms. The van der Waals surface area contributed by atoms with Gasteiger partial charge in [0.15, 0.2) is 0 Å². The van der Waals surface area contributed by atoms with Gasteiger partial charge >= 0.3 is 0 Å². The smallest absolute Gasteiger partial charge is 0.111 e. The topological polar surface area (TPSA) is 12.4 Å². The Kier molecular flexibility index (Phi) is 3.50. The first-order chi connectivity index (χ1) is 14.8. The highest BCUT2D eigenvalue weighted by Crippen LogP contribution is 2.82. The molecule has 0 spiro atoms. The van der Waals surface area contributed by atoms with E-state index in [-0.39, 0.29) is 10.8 Å². The molecular weight excluding hydrogens is 362 g/mol. The molecule has 1 heterocycles. The molecule has 1 saturated carbocycles. The molecule has 0 aromatic heterocycles. The summed E-state index contributed by atoms with van der Waals surface area (Å²) in [5, 5.41) is 0. The molecule has 1 nitrogen and oxygen atoms in total. The van der Waals surface area contributed by atoms with Crippen LogP contribution in [0.4, 0.5) is 0 Å². The number of hydrogen-bond donors (Lipinski definition) is 0. The quantitative estimate of drug-likeness (QED) is 0.394. The lowest BCUT2D eigenvalue weighted by atomic mass is 9.77. The predicted octanol–water partition coefficient (Wildman–Crippen LogP) is 6.27. The molecule has 1 aliphatic carbocycles. The van der Waals surface area contributed by atoms with Crippen molar-refractivity contribution in [3.8, 4) is 0 Å². The first-order valence-electron chi connectivity index (χ1n) is 10.6. The average molecular weight is 386 g/mol. The third-order valence-corrected chi connectivity index (χ3v) is 7.46. The van der Waals surface area contributed by atoms with Crippen LogP contribution in [0.2, 0.25) is 0 Å². The highest BCUT2D eigenvalue weighted by molar-refractivity contribution is 5.90.